The largest absolute Gasteiger partial charge is 0.381 e. The first kappa shape index (κ1) is 27.1. The lowest BCUT2D eigenvalue weighted by molar-refractivity contribution is -0.0333. The fraction of sp³-hybridized carbons (Fsp3) is 0.957. The predicted molar refractivity (Wildman–Crippen MR) is 137 cm³/mol. The van der Waals surface area contributed by atoms with Crippen molar-refractivity contribution in [2.45, 2.75) is 63.8 Å². The van der Waals surface area contributed by atoms with E-state index in [0.29, 0.717) is 5.92 Å². The third-order valence-corrected chi connectivity index (χ3v) is 6.79. The lowest BCUT2D eigenvalue weighted by Gasteiger charge is -2.47. The molecule has 2 N–H and O–H groups in total. The van der Waals surface area contributed by atoms with E-state index in [1.807, 2.05) is 0 Å². The van der Waals surface area contributed by atoms with Crippen molar-refractivity contribution in [2.24, 2.45) is 10.9 Å². The van der Waals surface area contributed by atoms with Crippen LogP contribution in [0.15, 0.2) is 4.99 Å². The fourth-order valence-electron chi connectivity index (χ4n) is 4.93. The summed E-state index contributed by atoms with van der Waals surface area (Å²) in [5.74, 6) is 1.62. The van der Waals surface area contributed by atoms with E-state index >= 15 is 0 Å². The number of guanidine groups is 1. The standard InChI is InChI=1S/C23H44N4O3.HI/c1-2-24-22(25-11-6-14-30-19-21-7-15-28-16-8-21)26-20-23(9-4-3-5-10-23)27-12-17-29-18-13-27;/h21H,2-20H2,1H3,(H2,24,25,26);1H. The summed E-state index contributed by atoms with van der Waals surface area (Å²) in [5, 5.41) is 6.94. The van der Waals surface area contributed by atoms with Crippen LogP contribution in [0.1, 0.15) is 58.3 Å². The summed E-state index contributed by atoms with van der Waals surface area (Å²) in [7, 11) is 0. The third-order valence-electron chi connectivity index (χ3n) is 6.79. The van der Waals surface area contributed by atoms with Crippen molar-refractivity contribution in [3.05, 3.63) is 0 Å². The monoisotopic (exact) mass is 552 g/mol. The molecule has 2 saturated heterocycles. The Kier molecular flexibility index (Phi) is 13.7. The molecule has 1 saturated carbocycles. The highest BCUT2D eigenvalue weighted by molar-refractivity contribution is 14.0. The molecule has 1 aliphatic carbocycles. The van der Waals surface area contributed by atoms with Crippen LogP contribution in [-0.2, 0) is 14.2 Å². The first-order chi connectivity index (χ1) is 14.8. The Morgan fingerprint density at radius 2 is 1.74 bits per heavy atom. The maximum Gasteiger partial charge on any atom is 0.191 e. The molecule has 3 rings (SSSR count). The van der Waals surface area contributed by atoms with Gasteiger partial charge in [0.25, 0.3) is 0 Å². The van der Waals surface area contributed by atoms with Crippen LogP contribution < -0.4 is 10.6 Å². The van der Waals surface area contributed by atoms with Gasteiger partial charge in [0.1, 0.15) is 0 Å². The maximum atomic E-state index is 5.89. The van der Waals surface area contributed by atoms with Crippen molar-refractivity contribution in [1.82, 2.24) is 15.5 Å². The molecule has 7 nitrogen and oxygen atoms in total. The first-order valence-corrected chi connectivity index (χ1v) is 12.3. The molecule has 0 atom stereocenters. The van der Waals surface area contributed by atoms with E-state index in [4.69, 9.17) is 19.2 Å². The summed E-state index contributed by atoms with van der Waals surface area (Å²) in [6.07, 6.45) is 9.81. The van der Waals surface area contributed by atoms with Gasteiger partial charge < -0.3 is 24.8 Å². The van der Waals surface area contributed by atoms with E-state index in [1.165, 1.54) is 32.1 Å². The second kappa shape index (κ2) is 15.6. The Hall–Kier alpha value is -0.160. The van der Waals surface area contributed by atoms with Crippen LogP contribution in [0.4, 0.5) is 0 Å². The molecule has 0 bridgehead atoms. The van der Waals surface area contributed by atoms with Gasteiger partial charge in [0, 0.05) is 58.1 Å². The molecular formula is C23H45IN4O3. The number of hydrogen-bond donors (Lipinski definition) is 2. The predicted octanol–water partition coefficient (Wildman–Crippen LogP) is 3.03. The Balaban J connectivity index is 0.00000341. The Morgan fingerprint density at radius 1 is 1.03 bits per heavy atom. The number of aliphatic imine (C=N–C) groups is 1. The summed E-state index contributed by atoms with van der Waals surface area (Å²) in [6, 6.07) is 0. The minimum absolute atomic E-state index is 0. The van der Waals surface area contributed by atoms with Crippen molar-refractivity contribution >= 4 is 29.9 Å². The van der Waals surface area contributed by atoms with Crippen LogP contribution in [0.3, 0.4) is 0 Å². The maximum absolute atomic E-state index is 5.89. The van der Waals surface area contributed by atoms with Crippen LogP contribution in [-0.4, -0.2) is 88.8 Å². The van der Waals surface area contributed by atoms with Crippen molar-refractivity contribution < 1.29 is 14.2 Å². The number of nitrogens with one attached hydrogen (secondary N) is 2. The fourth-order valence-corrected chi connectivity index (χ4v) is 4.93. The molecule has 0 radical (unpaired) electrons. The van der Waals surface area contributed by atoms with Crippen LogP contribution >= 0.6 is 24.0 Å². The van der Waals surface area contributed by atoms with Gasteiger partial charge in [0.05, 0.1) is 19.8 Å². The highest BCUT2D eigenvalue weighted by Crippen LogP contribution is 2.34. The van der Waals surface area contributed by atoms with Gasteiger partial charge in [-0.3, -0.25) is 9.89 Å². The van der Waals surface area contributed by atoms with Gasteiger partial charge in [0.15, 0.2) is 5.96 Å². The molecule has 0 aromatic heterocycles. The van der Waals surface area contributed by atoms with Crippen LogP contribution in [0.2, 0.25) is 0 Å². The summed E-state index contributed by atoms with van der Waals surface area (Å²) >= 11 is 0. The van der Waals surface area contributed by atoms with E-state index in [2.05, 4.69) is 22.5 Å². The zero-order chi connectivity index (χ0) is 20.9. The number of ether oxygens (including phenoxy) is 3. The lowest BCUT2D eigenvalue weighted by atomic mass is 9.80. The number of halogens is 1. The minimum atomic E-state index is 0. The smallest absolute Gasteiger partial charge is 0.191 e. The van der Waals surface area contributed by atoms with E-state index in [9.17, 15) is 0 Å². The molecule has 8 heteroatoms. The zero-order valence-corrected chi connectivity index (χ0v) is 21.9. The Bertz CT molecular complexity index is 491. The average molecular weight is 553 g/mol. The summed E-state index contributed by atoms with van der Waals surface area (Å²) in [5.41, 5.74) is 0.219. The second-order valence-corrected chi connectivity index (χ2v) is 8.99. The van der Waals surface area contributed by atoms with Gasteiger partial charge in [-0.25, -0.2) is 0 Å². The number of nitrogens with zero attached hydrogens (tertiary/aromatic N) is 2. The summed E-state index contributed by atoms with van der Waals surface area (Å²) < 4.78 is 16.9. The Labute approximate surface area is 206 Å². The van der Waals surface area contributed by atoms with Gasteiger partial charge >= 0.3 is 0 Å². The molecule has 2 aliphatic heterocycles. The zero-order valence-electron chi connectivity index (χ0n) is 19.5. The summed E-state index contributed by atoms with van der Waals surface area (Å²) in [6.45, 7) is 12.1. The quantitative estimate of drug-likeness (QED) is 0.188. The SMILES string of the molecule is CCNC(=NCC1(N2CCOCC2)CCCCC1)NCCCOCC1CCOCC1.I. The highest BCUT2D eigenvalue weighted by atomic mass is 127. The van der Waals surface area contributed by atoms with Crippen molar-refractivity contribution in [3.8, 4) is 0 Å². The third kappa shape index (κ3) is 9.31. The van der Waals surface area contributed by atoms with Crippen molar-refractivity contribution in [3.63, 3.8) is 0 Å². The first-order valence-electron chi connectivity index (χ1n) is 12.3. The van der Waals surface area contributed by atoms with E-state index < -0.39 is 0 Å². The summed E-state index contributed by atoms with van der Waals surface area (Å²) in [4.78, 5) is 7.69. The Morgan fingerprint density at radius 3 is 2.45 bits per heavy atom. The van der Waals surface area contributed by atoms with Crippen molar-refractivity contribution in [2.75, 3.05) is 72.4 Å². The van der Waals surface area contributed by atoms with Gasteiger partial charge in [-0.2, -0.15) is 0 Å². The normalized spacial score (nSPS) is 23.2. The highest BCUT2D eigenvalue weighted by Gasteiger charge is 2.38. The van der Waals surface area contributed by atoms with E-state index in [-0.39, 0.29) is 29.5 Å². The molecule has 0 spiro atoms. The molecular weight excluding hydrogens is 507 g/mol. The molecule has 0 aromatic rings. The van der Waals surface area contributed by atoms with E-state index in [0.717, 1.165) is 97.6 Å². The number of hydrogen-bond acceptors (Lipinski definition) is 5. The van der Waals surface area contributed by atoms with Gasteiger partial charge in [0.2, 0.25) is 0 Å². The topological polar surface area (TPSA) is 67.4 Å². The minimum Gasteiger partial charge on any atom is -0.381 e. The molecule has 182 valence electrons. The van der Waals surface area contributed by atoms with Crippen LogP contribution in [0.5, 0.6) is 0 Å². The van der Waals surface area contributed by atoms with Gasteiger partial charge in [-0.1, -0.05) is 19.3 Å². The van der Waals surface area contributed by atoms with Gasteiger partial charge in [-0.05, 0) is 44.9 Å². The molecule has 0 aromatic carbocycles. The molecule has 2 heterocycles. The van der Waals surface area contributed by atoms with Gasteiger partial charge in [-0.15, -0.1) is 24.0 Å². The van der Waals surface area contributed by atoms with Crippen LogP contribution in [0.25, 0.3) is 0 Å². The second-order valence-electron chi connectivity index (χ2n) is 8.99. The lowest BCUT2D eigenvalue weighted by Crippen LogP contribution is -2.56. The number of morpholine rings is 1. The molecule has 31 heavy (non-hydrogen) atoms. The van der Waals surface area contributed by atoms with E-state index in [1.54, 1.807) is 0 Å². The van der Waals surface area contributed by atoms with Crippen molar-refractivity contribution in [1.29, 1.82) is 0 Å². The number of rotatable bonds is 10. The molecule has 3 fully saturated rings. The molecule has 0 amide bonds. The van der Waals surface area contributed by atoms with Crippen LogP contribution in [0, 0.1) is 5.92 Å². The average Bonchev–Trinajstić information content (AvgIpc) is 2.81. The molecule has 3 aliphatic rings. The molecule has 0 unspecified atom stereocenters.